The van der Waals surface area contributed by atoms with Crippen molar-refractivity contribution in [1.29, 1.82) is 0 Å². The summed E-state index contributed by atoms with van der Waals surface area (Å²) in [6.07, 6.45) is 3.82. The predicted molar refractivity (Wildman–Crippen MR) is 57.7 cm³/mol. The van der Waals surface area contributed by atoms with Crippen LogP contribution in [0.5, 0.6) is 0 Å². The monoisotopic (exact) mass is 184 g/mol. The smallest absolute Gasteiger partial charge is 0.0329 e. The molecule has 0 amide bonds. The van der Waals surface area contributed by atoms with Crippen molar-refractivity contribution in [2.24, 2.45) is 5.73 Å². The number of hydrogen-bond donors (Lipinski definition) is 1. The summed E-state index contributed by atoms with van der Waals surface area (Å²) in [7, 11) is 0. The van der Waals surface area contributed by atoms with Gasteiger partial charge in [0.15, 0.2) is 0 Å². The number of nitrogens with zero attached hydrogens (tertiary/aromatic N) is 1. The molecule has 1 aliphatic rings. The van der Waals surface area contributed by atoms with Crippen LogP contribution < -0.4 is 5.73 Å². The third kappa shape index (κ3) is 1.89. The second kappa shape index (κ2) is 3.97. The lowest BCUT2D eigenvalue weighted by Gasteiger charge is -2.44. The molecule has 0 bridgehead atoms. The summed E-state index contributed by atoms with van der Waals surface area (Å²) in [6, 6.07) is 0.981. The highest BCUT2D eigenvalue weighted by Crippen LogP contribution is 2.30. The van der Waals surface area contributed by atoms with E-state index in [1.54, 1.807) is 0 Å². The Bertz CT molecular complexity index is 167. The summed E-state index contributed by atoms with van der Waals surface area (Å²) in [5, 5.41) is 0. The molecule has 1 rings (SSSR count). The molecule has 1 saturated heterocycles. The maximum Gasteiger partial charge on any atom is 0.0329 e. The highest BCUT2D eigenvalue weighted by atomic mass is 15.2. The summed E-state index contributed by atoms with van der Waals surface area (Å²) in [4.78, 5) is 2.59. The van der Waals surface area contributed by atoms with Gasteiger partial charge in [0, 0.05) is 17.6 Å². The third-order valence-electron chi connectivity index (χ3n) is 3.91. The van der Waals surface area contributed by atoms with Crippen LogP contribution in [-0.2, 0) is 0 Å². The van der Waals surface area contributed by atoms with Gasteiger partial charge in [-0.25, -0.2) is 0 Å². The molecule has 13 heavy (non-hydrogen) atoms. The van der Waals surface area contributed by atoms with E-state index in [1.807, 2.05) is 0 Å². The summed E-state index contributed by atoms with van der Waals surface area (Å²) in [5.41, 5.74) is 6.29. The van der Waals surface area contributed by atoms with E-state index >= 15 is 0 Å². The summed E-state index contributed by atoms with van der Waals surface area (Å²) < 4.78 is 0. The average Bonchev–Trinajstić information content (AvgIpc) is 2.50. The van der Waals surface area contributed by atoms with Crippen LogP contribution in [0.2, 0.25) is 0 Å². The summed E-state index contributed by atoms with van der Waals surface area (Å²) in [6.45, 7) is 10.2. The van der Waals surface area contributed by atoms with E-state index in [1.165, 1.54) is 19.4 Å². The Kier molecular flexibility index (Phi) is 3.36. The zero-order chi connectivity index (χ0) is 10.1. The van der Waals surface area contributed by atoms with Crippen molar-refractivity contribution in [3.8, 4) is 0 Å². The van der Waals surface area contributed by atoms with Gasteiger partial charge in [0.1, 0.15) is 0 Å². The Hall–Kier alpha value is -0.0800. The Balaban J connectivity index is 2.75. The van der Waals surface area contributed by atoms with Crippen molar-refractivity contribution in [2.75, 3.05) is 6.54 Å². The van der Waals surface area contributed by atoms with Crippen molar-refractivity contribution in [3.63, 3.8) is 0 Å². The topological polar surface area (TPSA) is 29.3 Å². The largest absolute Gasteiger partial charge is 0.326 e. The molecule has 1 aliphatic heterocycles. The molecule has 0 radical (unpaired) electrons. The van der Waals surface area contributed by atoms with Crippen LogP contribution >= 0.6 is 0 Å². The van der Waals surface area contributed by atoms with Gasteiger partial charge in [-0.05, 0) is 46.6 Å². The van der Waals surface area contributed by atoms with Crippen molar-refractivity contribution < 1.29 is 0 Å². The number of hydrogen-bond acceptors (Lipinski definition) is 2. The van der Waals surface area contributed by atoms with Gasteiger partial charge in [0.2, 0.25) is 0 Å². The van der Waals surface area contributed by atoms with Gasteiger partial charge in [-0.1, -0.05) is 6.92 Å². The summed E-state index contributed by atoms with van der Waals surface area (Å²) >= 11 is 0. The highest BCUT2D eigenvalue weighted by Gasteiger charge is 2.38. The lowest BCUT2D eigenvalue weighted by molar-refractivity contribution is 0.0726. The van der Waals surface area contributed by atoms with Crippen molar-refractivity contribution in [3.05, 3.63) is 0 Å². The second-order valence-electron chi connectivity index (χ2n) is 4.68. The lowest BCUT2D eigenvalue weighted by Crippen LogP contribution is -2.57. The van der Waals surface area contributed by atoms with Gasteiger partial charge in [-0.2, -0.15) is 0 Å². The fraction of sp³-hybridized carbons (Fsp3) is 1.00. The molecule has 0 spiro atoms. The van der Waals surface area contributed by atoms with Gasteiger partial charge in [0.25, 0.3) is 0 Å². The van der Waals surface area contributed by atoms with E-state index in [0.717, 1.165) is 12.5 Å². The predicted octanol–water partition coefficient (Wildman–Crippen LogP) is 1.99. The van der Waals surface area contributed by atoms with Crippen LogP contribution in [0.15, 0.2) is 0 Å². The van der Waals surface area contributed by atoms with Crippen molar-refractivity contribution in [1.82, 2.24) is 4.90 Å². The molecule has 0 saturated carbocycles. The standard InChI is InChI=1S/C11H24N2/c1-5-11(4,10(3)12)13-8-6-7-9(13)2/h9-10H,5-8,12H2,1-4H3. The molecule has 0 aromatic rings. The van der Waals surface area contributed by atoms with Gasteiger partial charge in [-0.3, -0.25) is 4.90 Å². The maximum atomic E-state index is 6.08. The summed E-state index contributed by atoms with van der Waals surface area (Å²) in [5.74, 6) is 0. The maximum absolute atomic E-state index is 6.08. The number of likely N-dealkylation sites (tertiary alicyclic amines) is 1. The van der Waals surface area contributed by atoms with E-state index in [-0.39, 0.29) is 11.6 Å². The van der Waals surface area contributed by atoms with E-state index in [2.05, 4.69) is 32.6 Å². The first kappa shape index (κ1) is 11.0. The number of rotatable bonds is 3. The molecule has 3 unspecified atom stereocenters. The molecule has 78 valence electrons. The molecule has 0 aliphatic carbocycles. The molecule has 1 fully saturated rings. The number of nitrogens with two attached hydrogens (primary N) is 1. The van der Waals surface area contributed by atoms with Crippen LogP contribution in [0.1, 0.15) is 47.0 Å². The van der Waals surface area contributed by atoms with Crippen LogP contribution in [-0.4, -0.2) is 29.1 Å². The third-order valence-corrected chi connectivity index (χ3v) is 3.91. The Morgan fingerprint density at radius 3 is 2.54 bits per heavy atom. The fourth-order valence-electron chi connectivity index (χ4n) is 2.48. The van der Waals surface area contributed by atoms with E-state index < -0.39 is 0 Å². The Morgan fingerprint density at radius 1 is 1.62 bits per heavy atom. The first-order chi connectivity index (χ1) is 6.02. The molecule has 0 aromatic heterocycles. The van der Waals surface area contributed by atoms with Crippen molar-refractivity contribution in [2.45, 2.75) is 64.6 Å². The molecule has 0 aromatic carbocycles. The van der Waals surface area contributed by atoms with Crippen LogP contribution in [0.3, 0.4) is 0 Å². The zero-order valence-electron chi connectivity index (χ0n) is 9.51. The molecular formula is C11H24N2. The molecule has 3 atom stereocenters. The van der Waals surface area contributed by atoms with Crippen LogP contribution in [0.4, 0.5) is 0 Å². The second-order valence-corrected chi connectivity index (χ2v) is 4.68. The minimum atomic E-state index is 0.204. The molecular weight excluding hydrogens is 160 g/mol. The quantitative estimate of drug-likeness (QED) is 0.727. The van der Waals surface area contributed by atoms with E-state index in [4.69, 9.17) is 5.73 Å². The molecule has 2 heteroatoms. The minimum absolute atomic E-state index is 0.204. The average molecular weight is 184 g/mol. The van der Waals surface area contributed by atoms with Gasteiger partial charge in [-0.15, -0.1) is 0 Å². The molecule has 2 N–H and O–H groups in total. The first-order valence-corrected chi connectivity index (χ1v) is 5.54. The fourth-order valence-corrected chi connectivity index (χ4v) is 2.48. The van der Waals surface area contributed by atoms with Crippen molar-refractivity contribution >= 4 is 0 Å². The van der Waals surface area contributed by atoms with Gasteiger partial charge in [0.05, 0.1) is 0 Å². The minimum Gasteiger partial charge on any atom is -0.326 e. The molecule has 2 nitrogen and oxygen atoms in total. The van der Waals surface area contributed by atoms with Crippen LogP contribution in [0.25, 0.3) is 0 Å². The zero-order valence-corrected chi connectivity index (χ0v) is 9.51. The van der Waals surface area contributed by atoms with Gasteiger partial charge < -0.3 is 5.73 Å². The Labute approximate surface area is 82.5 Å². The SMILES string of the molecule is CCC(C)(C(C)N)N1CCCC1C. The van der Waals surface area contributed by atoms with E-state index in [0.29, 0.717) is 0 Å². The lowest BCUT2D eigenvalue weighted by atomic mass is 9.88. The molecule has 1 heterocycles. The van der Waals surface area contributed by atoms with Crippen LogP contribution in [0, 0.1) is 0 Å². The van der Waals surface area contributed by atoms with E-state index in [9.17, 15) is 0 Å². The highest BCUT2D eigenvalue weighted by molar-refractivity contribution is 4.96. The normalized spacial score (nSPS) is 31.6. The van der Waals surface area contributed by atoms with Gasteiger partial charge >= 0.3 is 0 Å². The Morgan fingerprint density at radius 2 is 2.23 bits per heavy atom. The first-order valence-electron chi connectivity index (χ1n) is 5.54.